The van der Waals surface area contributed by atoms with E-state index in [1.165, 1.54) is 12.1 Å². The molecule has 6 nitrogen and oxygen atoms in total. The van der Waals surface area contributed by atoms with Crippen LogP contribution in [0.3, 0.4) is 0 Å². The number of benzene rings is 1. The van der Waals surface area contributed by atoms with Gasteiger partial charge in [-0.15, -0.1) is 0 Å². The summed E-state index contributed by atoms with van der Waals surface area (Å²) in [7, 11) is 0.358. The van der Waals surface area contributed by atoms with Crippen LogP contribution < -0.4 is 10.0 Å². The summed E-state index contributed by atoms with van der Waals surface area (Å²) < 4.78 is 27.2. The van der Waals surface area contributed by atoms with Crippen LogP contribution in [0.25, 0.3) is 0 Å². The average molecular weight is 327 g/mol. The molecular formula is C15H25N3O3S. The van der Waals surface area contributed by atoms with Crippen molar-refractivity contribution in [2.75, 3.05) is 26.0 Å². The second-order valence-electron chi connectivity index (χ2n) is 5.54. The van der Waals surface area contributed by atoms with E-state index in [0.717, 1.165) is 13.0 Å². The second-order valence-corrected chi connectivity index (χ2v) is 7.25. The van der Waals surface area contributed by atoms with Crippen molar-refractivity contribution in [3.8, 4) is 0 Å². The van der Waals surface area contributed by atoms with E-state index in [-0.39, 0.29) is 16.8 Å². The minimum Gasteiger partial charge on any atom is -0.326 e. The fourth-order valence-electron chi connectivity index (χ4n) is 1.81. The average Bonchev–Trinajstić information content (AvgIpc) is 2.45. The number of sulfonamides is 1. The van der Waals surface area contributed by atoms with E-state index in [0.29, 0.717) is 12.1 Å². The fraction of sp³-hybridized carbons (Fsp3) is 0.533. The van der Waals surface area contributed by atoms with Crippen molar-refractivity contribution in [2.45, 2.75) is 37.6 Å². The molecule has 0 aliphatic heterocycles. The van der Waals surface area contributed by atoms with Crippen molar-refractivity contribution in [1.29, 1.82) is 0 Å². The molecule has 1 aromatic carbocycles. The van der Waals surface area contributed by atoms with Crippen LogP contribution in [-0.2, 0) is 14.8 Å². The van der Waals surface area contributed by atoms with Gasteiger partial charge in [0.15, 0.2) is 0 Å². The molecule has 0 bridgehead atoms. The van der Waals surface area contributed by atoms with Crippen LogP contribution in [0.4, 0.5) is 5.69 Å². The SMILES string of the molecule is CCC(=O)Nc1ccc(S(=O)(=O)N[C@@H](C)CCN(C)C)cc1. The normalized spacial score (nSPS) is 13.1. The Morgan fingerprint density at radius 1 is 1.23 bits per heavy atom. The maximum atomic E-state index is 12.3. The Labute approximate surface area is 132 Å². The van der Waals surface area contributed by atoms with E-state index < -0.39 is 10.0 Å². The van der Waals surface area contributed by atoms with Crippen LogP contribution in [0.2, 0.25) is 0 Å². The molecule has 7 heteroatoms. The zero-order chi connectivity index (χ0) is 16.8. The first-order chi connectivity index (χ1) is 10.2. The highest BCUT2D eigenvalue weighted by atomic mass is 32.2. The first-order valence-electron chi connectivity index (χ1n) is 7.31. The van der Waals surface area contributed by atoms with Gasteiger partial charge in [-0.1, -0.05) is 6.92 Å². The van der Waals surface area contributed by atoms with Gasteiger partial charge < -0.3 is 10.2 Å². The Morgan fingerprint density at radius 3 is 2.32 bits per heavy atom. The number of hydrogen-bond acceptors (Lipinski definition) is 4. The molecule has 0 radical (unpaired) electrons. The lowest BCUT2D eigenvalue weighted by Gasteiger charge is -2.17. The minimum atomic E-state index is -3.54. The van der Waals surface area contributed by atoms with Crippen molar-refractivity contribution >= 4 is 21.6 Å². The van der Waals surface area contributed by atoms with Crippen LogP contribution in [-0.4, -0.2) is 45.9 Å². The lowest BCUT2D eigenvalue weighted by Crippen LogP contribution is -2.34. The zero-order valence-electron chi connectivity index (χ0n) is 13.6. The van der Waals surface area contributed by atoms with Gasteiger partial charge >= 0.3 is 0 Å². The van der Waals surface area contributed by atoms with Crippen molar-refractivity contribution in [3.63, 3.8) is 0 Å². The molecule has 1 rings (SSSR count). The van der Waals surface area contributed by atoms with E-state index in [2.05, 4.69) is 10.0 Å². The monoisotopic (exact) mass is 327 g/mol. The Morgan fingerprint density at radius 2 is 1.82 bits per heavy atom. The van der Waals surface area contributed by atoms with Crippen molar-refractivity contribution in [3.05, 3.63) is 24.3 Å². The first kappa shape index (κ1) is 18.6. The highest BCUT2D eigenvalue weighted by Crippen LogP contribution is 2.15. The molecule has 0 aromatic heterocycles. The number of carbonyl (C=O) groups excluding carboxylic acids is 1. The third-order valence-electron chi connectivity index (χ3n) is 3.14. The summed E-state index contributed by atoms with van der Waals surface area (Å²) in [6.45, 7) is 4.41. The van der Waals surface area contributed by atoms with Crippen LogP contribution in [0, 0.1) is 0 Å². The lowest BCUT2D eigenvalue weighted by molar-refractivity contribution is -0.115. The van der Waals surface area contributed by atoms with Gasteiger partial charge in [-0.05, 0) is 58.3 Å². The molecule has 0 aliphatic rings. The summed E-state index contributed by atoms with van der Waals surface area (Å²) in [6, 6.07) is 6.02. The number of rotatable bonds is 8. The van der Waals surface area contributed by atoms with Crippen molar-refractivity contribution in [2.24, 2.45) is 0 Å². The molecule has 0 spiro atoms. The van der Waals surface area contributed by atoms with Gasteiger partial charge in [0.05, 0.1) is 4.90 Å². The van der Waals surface area contributed by atoms with Crippen LogP contribution >= 0.6 is 0 Å². The quantitative estimate of drug-likeness (QED) is 0.761. The molecule has 2 N–H and O–H groups in total. The Balaban J connectivity index is 2.70. The molecule has 1 aromatic rings. The van der Waals surface area contributed by atoms with Crippen LogP contribution in [0.5, 0.6) is 0 Å². The molecule has 0 unspecified atom stereocenters. The number of carbonyl (C=O) groups is 1. The lowest BCUT2D eigenvalue weighted by atomic mass is 10.2. The summed E-state index contributed by atoms with van der Waals surface area (Å²) in [5.41, 5.74) is 0.589. The molecular weight excluding hydrogens is 302 g/mol. The molecule has 124 valence electrons. The summed E-state index contributed by atoms with van der Waals surface area (Å²) in [6.07, 6.45) is 1.11. The second kappa shape index (κ2) is 8.26. The smallest absolute Gasteiger partial charge is 0.240 e. The maximum Gasteiger partial charge on any atom is 0.240 e. The minimum absolute atomic E-state index is 0.106. The van der Waals surface area contributed by atoms with Gasteiger partial charge in [-0.3, -0.25) is 4.79 Å². The number of nitrogens with one attached hydrogen (secondary N) is 2. The number of hydrogen-bond donors (Lipinski definition) is 2. The fourth-order valence-corrected chi connectivity index (χ4v) is 3.09. The molecule has 0 saturated heterocycles. The predicted octanol–water partition coefficient (Wildman–Crippen LogP) is 1.65. The van der Waals surface area contributed by atoms with Crippen molar-refractivity contribution < 1.29 is 13.2 Å². The summed E-state index contributed by atoms with van der Waals surface area (Å²) in [5.74, 6) is -0.106. The molecule has 0 saturated carbocycles. The van der Waals surface area contributed by atoms with Crippen LogP contribution in [0.1, 0.15) is 26.7 Å². The zero-order valence-corrected chi connectivity index (χ0v) is 14.4. The largest absolute Gasteiger partial charge is 0.326 e. The Kier molecular flexibility index (Phi) is 6.99. The molecule has 0 fully saturated rings. The van der Waals surface area contributed by atoms with Gasteiger partial charge in [0.1, 0.15) is 0 Å². The summed E-state index contributed by atoms with van der Waals surface area (Å²) >= 11 is 0. The van der Waals surface area contributed by atoms with Gasteiger partial charge in [0.2, 0.25) is 15.9 Å². The van der Waals surface area contributed by atoms with E-state index in [9.17, 15) is 13.2 Å². The van der Waals surface area contributed by atoms with Gasteiger partial charge in [0, 0.05) is 18.2 Å². The summed E-state index contributed by atoms with van der Waals surface area (Å²) in [5, 5.41) is 2.68. The Bertz CT molecular complexity index is 583. The van der Waals surface area contributed by atoms with E-state index >= 15 is 0 Å². The molecule has 1 amide bonds. The van der Waals surface area contributed by atoms with Crippen molar-refractivity contribution in [1.82, 2.24) is 9.62 Å². The highest BCUT2D eigenvalue weighted by molar-refractivity contribution is 7.89. The standard InChI is InChI=1S/C15H25N3O3S/c1-5-15(19)16-13-6-8-14(9-7-13)22(20,21)17-12(2)10-11-18(3)4/h6-9,12,17H,5,10-11H2,1-4H3,(H,16,19)/t12-/m0/s1. The van der Waals surface area contributed by atoms with Gasteiger partial charge in [-0.25, -0.2) is 13.1 Å². The van der Waals surface area contributed by atoms with Gasteiger partial charge in [0.25, 0.3) is 0 Å². The van der Waals surface area contributed by atoms with Gasteiger partial charge in [-0.2, -0.15) is 0 Å². The molecule has 1 atom stereocenters. The maximum absolute atomic E-state index is 12.3. The molecule has 0 heterocycles. The predicted molar refractivity (Wildman–Crippen MR) is 88.3 cm³/mol. The number of anilines is 1. The van der Waals surface area contributed by atoms with E-state index in [4.69, 9.17) is 0 Å². The highest BCUT2D eigenvalue weighted by Gasteiger charge is 2.17. The first-order valence-corrected chi connectivity index (χ1v) is 8.80. The number of amides is 1. The van der Waals surface area contributed by atoms with E-state index in [1.54, 1.807) is 19.1 Å². The molecule has 22 heavy (non-hydrogen) atoms. The Hall–Kier alpha value is -1.44. The number of nitrogens with zero attached hydrogens (tertiary/aromatic N) is 1. The van der Waals surface area contributed by atoms with E-state index in [1.807, 2.05) is 25.9 Å². The summed E-state index contributed by atoms with van der Waals surface area (Å²) in [4.78, 5) is 13.5. The molecule has 0 aliphatic carbocycles. The third-order valence-corrected chi connectivity index (χ3v) is 4.74. The third kappa shape index (κ3) is 6.13. The topological polar surface area (TPSA) is 78.5 Å². The van der Waals surface area contributed by atoms with Crippen LogP contribution in [0.15, 0.2) is 29.2 Å².